The Hall–Kier alpha value is -1.79. The number of benzene rings is 1. The largest absolute Gasteiger partial charge is 0.348 e. The van der Waals surface area contributed by atoms with E-state index in [-0.39, 0.29) is 5.91 Å². The average Bonchev–Trinajstić information content (AvgIpc) is 3.13. The summed E-state index contributed by atoms with van der Waals surface area (Å²) >= 11 is 3.35. The maximum Gasteiger partial charge on any atom is 0.230 e. The molecule has 3 aromatic rings. The molecule has 2 aromatic heterocycles. The number of carbonyl (C=O) groups is 1. The molecule has 0 saturated heterocycles. The second-order valence-corrected chi connectivity index (χ2v) is 6.57. The minimum atomic E-state index is 0.0389. The van der Waals surface area contributed by atoms with E-state index >= 15 is 0 Å². The molecular weight excluding hydrogens is 302 g/mol. The van der Waals surface area contributed by atoms with Crippen LogP contribution in [-0.2, 0) is 17.1 Å². The van der Waals surface area contributed by atoms with Gasteiger partial charge in [0.1, 0.15) is 5.82 Å². The summed E-state index contributed by atoms with van der Waals surface area (Å²) in [4.78, 5) is 20.7. The predicted molar refractivity (Wildman–Crippen MR) is 88.4 cm³/mol. The minimum absolute atomic E-state index is 0.0389. The van der Waals surface area contributed by atoms with E-state index in [1.807, 2.05) is 30.3 Å². The maximum atomic E-state index is 11.8. The molecule has 0 spiro atoms. The van der Waals surface area contributed by atoms with E-state index in [2.05, 4.69) is 26.7 Å². The van der Waals surface area contributed by atoms with Gasteiger partial charge in [0.05, 0.1) is 23.3 Å². The number of H-pyrrole nitrogens is 1. The third-order valence-corrected chi connectivity index (χ3v) is 4.99. The van der Waals surface area contributed by atoms with Gasteiger partial charge in [0.15, 0.2) is 0 Å². The molecule has 21 heavy (non-hydrogen) atoms. The Morgan fingerprint density at radius 3 is 3.00 bits per heavy atom. The zero-order valence-corrected chi connectivity index (χ0v) is 13.0. The summed E-state index contributed by atoms with van der Waals surface area (Å²) in [6.07, 6.45) is 0. The van der Waals surface area contributed by atoms with Gasteiger partial charge in [-0.1, -0.05) is 18.2 Å². The number of thiophene rings is 1. The van der Waals surface area contributed by atoms with Crippen molar-refractivity contribution in [1.29, 1.82) is 0 Å². The highest BCUT2D eigenvalue weighted by atomic mass is 32.2. The molecule has 0 fully saturated rings. The lowest BCUT2D eigenvalue weighted by molar-refractivity contribution is -0.118. The number of para-hydroxylation sites is 2. The molecule has 0 aliphatic heterocycles. The van der Waals surface area contributed by atoms with Gasteiger partial charge in [-0.2, -0.15) is 0 Å². The molecule has 6 heteroatoms. The summed E-state index contributed by atoms with van der Waals surface area (Å²) in [7, 11) is 0. The van der Waals surface area contributed by atoms with Gasteiger partial charge in [0, 0.05) is 10.6 Å². The normalized spacial score (nSPS) is 10.9. The number of nitrogens with one attached hydrogen (secondary N) is 2. The first-order valence-corrected chi connectivity index (χ1v) is 8.65. The maximum absolute atomic E-state index is 11.8. The lowest BCUT2D eigenvalue weighted by atomic mass is 10.3. The van der Waals surface area contributed by atoms with Crippen LogP contribution in [0.25, 0.3) is 11.0 Å². The number of hydrogen-bond donors (Lipinski definition) is 2. The summed E-state index contributed by atoms with van der Waals surface area (Å²) < 4.78 is 0. The van der Waals surface area contributed by atoms with Crippen molar-refractivity contribution < 1.29 is 4.79 Å². The summed E-state index contributed by atoms with van der Waals surface area (Å²) in [5.41, 5.74) is 1.92. The SMILES string of the molecule is O=C(CSCc1cccs1)NCc1nc2ccccc2[nH]1. The van der Waals surface area contributed by atoms with Crippen LogP contribution in [0.15, 0.2) is 41.8 Å². The summed E-state index contributed by atoms with van der Waals surface area (Å²) in [6, 6.07) is 12.0. The molecule has 2 heterocycles. The van der Waals surface area contributed by atoms with Gasteiger partial charge in [0.2, 0.25) is 5.91 Å². The Morgan fingerprint density at radius 1 is 1.29 bits per heavy atom. The van der Waals surface area contributed by atoms with Crippen LogP contribution in [0.4, 0.5) is 0 Å². The van der Waals surface area contributed by atoms with Gasteiger partial charge in [-0.05, 0) is 23.6 Å². The molecule has 0 radical (unpaired) electrons. The van der Waals surface area contributed by atoms with Gasteiger partial charge < -0.3 is 10.3 Å². The number of fused-ring (bicyclic) bond motifs is 1. The third kappa shape index (κ3) is 3.86. The fourth-order valence-corrected chi connectivity index (χ4v) is 3.66. The molecule has 0 aliphatic carbocycles. The number of imidazole rings is 1. The fraction of sp³-hybridized carbons (Fsp3) is 0.200. The van der Waals surface area contributed by atoms with Crippen molar-refractivity contribution in [2.45, 2.75) is 12.3 Å². The van der Waals surface area contributed by atoms with Crippen molar-refractivity contribution in [2.24, 2.45) is 0 Å². The first-order chi connectivity index (χ1) is 10.3. The van der Waals surface area contributed by atoms with E-state index in [0.717, 1.165) is 22.6 Å². The topological polar surface area (TPSA) is 57.8 Å². The van der Waals surface area contributed by atoms with Gasteiger partial charge >= 0.3 is 0 Å². The fourth-order valence-electron chi connectivity index (χ4n) is 1.96. The molecule has 4 nitrogen and oxygen atoms in total. The van der Waals surface area contributed by atoms with Gasteiger partial charge in [-0.3, -0.25) is 4.79 Å². The van der Waals surface area contributed by atoms with Gasteiger partial charge in [0.25, 0.3) is 0 Å². The number of hydrogen-bond acceptors (Lipinski definition) is 4. The summed E-state index contributed by atoms with van der Waals surface area (Å²) in [5, 5.41) is 4.94. The van der Waals surface area contributed by atoms with E-state index in [4.69, 9.17) is 0 Å². The Bertz CT molecular complexity index is 688. The highest BCUT2D eigenvalue weighted by Gasteiger charge is 2.05. The molecule has 0 bridgehead atoms. The molecular formula is C15H15N3OS2. The lowest BCUT2D eigenvalue weighted by Gasteiger charge is -2.02. The second kappa shape index (κ2) is 6.78. The van der Waals surface area contributed by atoms with Crippen LogP contribution in [-0.4, -0.2) is 21.6 Å². The van der Waals surface area contributed by atoms with Crippen LogP contribution in [0, 0.1) is 0 Å². The minimum Gasteiger partial charge on any atom is -0.348 e. The van der Waals surface area contributed by atoms with E-state index in [1.165, 1.54) is 4.88 Å². The highest BCUT2D eigenvalue weighted by molar-refractivity contribution is 7.99. The lowest BCUT2D eigenvalue weighted by Crippen LogP contribution is -2.25. The number of carbonyl (C=O) groups excluding carboxylic acids is 1. The summed E-state index contributed by atoms with van der Waals surface area (Å²) in [6.45, 7) is 0.438. The van der Waals surface area contributed by atoms with Crippen LogP contribution >= 0.6 is 23.1 Å². The van der Waals surface area contributed by atoms with Crippen molar-refractivity contribution in [3.05, 3.63) is 52.5 Å². The first-order valence-electron chi connectivity index (χ1n) is 6.62. The average molecular weight is 317 g/mol. The van der Waals surface area contributed by atoms with Crippen molar-refractivity contribution in [3.8, 4) is 0 Å². The molecule has 0 aliphatic rings. The number of aromatic amines is 1. The van der Waals surface area contributed by atoms with Crippen molar-refractivity contribution in [1.82, 2.24) is 15.3 Å². The van der Waals surface area contributed by atoms with Crippen molar-refractivity contribution in [2.75, 3.05) is 5.75 Å². The second-order valence-electron chi connectivity index (χ2n) is 4.55. The van der Waals surface area contributed by atoms with E-state index in [9.17, 15) is 4.79 Å². The van der Waals surface area contributed by atoms with Crippen LogP contribution in [0.2, 0.25) is 0 Å². The number of aromatic nitrogens is 2. The Balaban J connectivity index is 1.44. The number of rotatable bonds is 6. The zero-order valence-electron chi connectivity index (χ0n) is 11.3. The number of thioether (sulfide) groups is 1. The number of nitrogens with zero attached hydrogens (tertiary/aromatic N) is 1. The van der Waals surface area contributed by atoms with Crippen molar-refractivity contribution >= 4 is 40.0 Å². The zero-order chi connectivity index (χ0) is 14.5. The van der Waals surface area contributed by atoms with E-state index < -0.39 is 0 Å². The Kier molecular flexibility index (Phi) is 4.57. The quantitative estimate of drug-likeness (QED) is 0.734. The third-order valence-electron chi connectivity index (χ3n) is 2.95. The molecule has 0 saturated carbocycles. The van der Waals surface area contributed by atoms with Gasteiger partial charge in [-0.15, -0.1) is 23.1 Å². The van der Waals surface area contributed by atoms with E-state index in [0.29, 0.717) is 12.3 Å². The molecule has 0 atom stereocenters. The van der Waals surface area contributed by atoms with E-state index in [1.54, 1.807) is 23.1 Å². The molecule has 0 unspecified atom stereocenters. The Labute approximate surface area is 131 Å². The molecule has 1 amide bonds. The van der Waals surface area contributed by atoms with Crippen LogP contribution in [0.1, 0.15) is 10.7 Å². The van der Waals surface area contributed by atoms with Crippen LogP contribution in [0.3, 0.4) is 0 Å². The standard InChI is InChI=1S/C15H15N3OS2/c19-15(10-20-9-11-4-3-7-21-11)16-8-14-17-12-5-1-2-6-13(12)18-14/h1-7H,8-10H2,(H,16,19)(H,17,18). The molecule has 108 valence electrons. The first kappa shape index (κ1) is 14.2. The van der Waals surface area contributed by atoms with Gasteiger partial charge in [-0.25, -0.2) is 4.98 Å². The number of amides is 1. The Morgan fingerprint density at radius 2 is 2.19 bits per heavy atom. The monoisotopic (exact) mass is 317 g/mol. The van der Waals surface area contributed by atoms with Crippen LogP contribution in [0.5, 0.6) is 0 Å². The van der Waals surface area contributed by atoms with Crippen molar-refractivity contribution in [3.63, 3.8) is 0 Å². The van der Waals surface area contributed by atoms with Crippen LogP contribution < -0.4 is 5.32 Å². The highest BCUT2D eigenvalue weighted by Crippen LogP contribution is 2.16. The predicted octanol–water partition coefficient (Wildman–Crippen LogP) is 3.17. The molecule has 3 rings (SSSR count). The molecule has 1 aromatic carbocycles. The smallest absolute Gasteiger partial charge is 0.230 e. The molecule has 2 N–H and O–H groups in total. The summed E-state index contributed by atoms with van der Waals surface area (Å²) in [5.74, 6) is 2.18.